The van der Waals surface area contributed by atoms with Crippen LogP contribution in [0.25, 0.3) is 0 Å². The first-order valence-electron chi connectivity index (χ1n) is 4.07. The second-order valence-corrected chi connectivity index (χ2v) is 3.75. The molecule has 0 aromatic rings. The molecule has 5 N–H and O–H groups in total. The number of rotatable bonds is 7. The van der Waals surface area contributed by atoms with Gasteiger partial charge in [-0.15, -0.1) is 0 Å². The van der Waals surface area contributed by atoms with Crippen molar-refractivity contribution >= 4 is 23.8 Å². The van der Waals surface area contributed by atoms with Crippen LogP contribution in [0.1, 0.15) is 6.42 Å². The molecule has 0 spiro atoms. The maximum atomic E-state index is 10.3. The van der Waals surface area contributed by atoms with Crippen LogP contribution in [0.4, 0.5) is 4.79 Å². The van der Waals surface area contributed by atoms with Gasteiger partial charge in [-0.05, 0) is 12.2 Å². The summed E-state index contributed by atoms with van der Waals surface area (Å²) in [4.78, 5) is 20.3. The normalized spacial score (nSPS) is 12.1. The van der Waals surface area contributed by atoms with Gasteiger partial charge >= 0.3 is 12.1 Å². The Hall–Kier alpha value is -0.950. The first-order chi connectivity index (χ1) is 6.54. The molecule has 0 fully saturated rings. The maximum Gasteiger partial charge on any atom is 0.404 e. The summed E-state index contributed by atoms with van der Waals surface area (Å²) in [5.41, 5.74) is 5.25. The lowest BCUT2D eigenvalue weighted by Gasteiger charge is -2.05. The summed E-state index contributed by atoms with van der Waals surface area (Å²) in [6.45, 7) is 0.380. The molecule has 1 amide bonds. The molecule has 0 aliphatic rings. The van der Waals surface area contributed by atoms with E-state index in [-0.39, 0.29) is 0 Å². The fourth-order valence-corrected chi connectivity index (χ4v) is 1.56. The Labute approximate surface area is 85.9 Å². The number of carboxylic acids is 1. The predicted molar refractivity (Wildman–Crippen MR) is 53.6 cm³/mol. The minimum absolute atomic E-state index is 0.350. The highest BCUT2D eigenvalue weighted by molar-refractivity contribution is 7.99. The molecule has 0 unspecified atom stereocenters. The predicted octanol–water partition coefficient (Wildman–Crippen LogP) is -0.211. The van der Waals surface area contributed by atoms with Gasteiger partial charge < -0.3 is 21.3 Å². The third-order valence-electron chi connectivity index (χ3n) is 1.36. The minimum Gasteiger partial charge on any atom is -0.480 e. The number of thioether (sulfide) groups is 1. The smallest absolute Gasteiger partial charge is 0.404 e. The SMILES string of the molecule is N[C@@H](CSCCCNC(=O)O)C(=O)O. The first kappa shape index (κ1) is 13.1. The molecule has 0 aliphatic carbocycles. The highest BCUT2D eigenvalue weighted by atomic mass is 32.2. The van der Waals surface area contributed by atoms with Crippen LogP contribution >= 0.6 is 11.8 Å². The third kappa shape index (κ3) is 7.69. The molecule has 0 rings (SSSR count). The van der Waals surface area contributed by atoms with Gasteiger partial charge in [0.1, 0.15) is 6.04 Å². The van der Waals surface area contributed by atoms with Crippen LogP contribution in [-0.4, -0.2) is 46.4 Å². The van der Waals surface area contributed by atoms with Gasteiger partial charge in [-0.3, -0.25) is 4.79 Å². The minimum atomic E-state index is -1.04. The Bertz CT molecular complexity index is 200. The highest BCUT2D eigenvalue weighted by Gasteiger charge is 2.10. The van der Waals surface area contributed by atoms with E-state index in [0.29, 0.717) is 24.5 Å². The molecule has 0 saturated carbocycles. The molecule has 1 atom stereocenters. The summed E-state index contributed by atoms with van der Waals surface area (Å²) in [6, 6.07) is -0.840. The molecule has 0 aromatic carbocycles. The second kappa shape index (κ2) is 7.45. The number of hydrogen-bond acceptors (Lipinski definition) is 4. The van der Waals surface area contributed by atoms with Gasteiger partial charge in [0.25, 0.3) is 0 Å². The molecule has 0 bridgehead atoms. The number of amides is 1. The van der Waals surface area contributed by atoms with E-state index >= 15 is 0 Å². The summed E-state index contributed by atoms with van der Waals surface area (Å²) >= 11 is 1.40. The van der Waals surface area contributed by atoms with Crippen LogP contribution in [0.2, 0.25) is 0 Å². The monoisotopic (exact) mass is 222 g/mol. The van der Waals surface area contributed by atoms with Crippen LogP contribution < -0.4 is 11.1 Å². The number of aliphatic carboxylic acids is 1. The van der Waals surface area contributed by atoms with E-state index in [4.69, 9.17) is 15.9 Å². The standard InChI is InChI=1S/C7H14N2O4S/c8-5(6(10)11)4-14-3-1-2-9-7(12)13/h5,9H,1-4,8H2,(H,10,11)(H,12,13)/t5-/m0/s1. The first-order valence-corrected chi connectivity index (χ1v) is 5.22. The van der Waals surface area contributed by atoms with Crippen LogP contribution in [0.5, 0.6) is 0 Å². The van der Waals surface area contributed by atoms with E-state index in [1.165, 1.54) is 11.8 Å². The average Bonchev–Trinajstić information content (AvgIpc) is 2.09. The zero-order chi connectivity index (χ0) is 11.0. The summed E-state index contributed by atoms with van der Waals surface area (Å²) in [5, 5.41) is 18.9. The van der Waals surface area contributed by atoms with Gasteiger partial charge in [-0.25, -0.2) is 4.79 Å². The Balaban J connectivity index is 3.21. The van der Waals surface area contributed by atoms with Crippen molar-refractivity contribution in [2.75, 3.05) is 18.1 Å². The Morgan fingerprint density at radius 1 is 1.43 bits per heavy atom. The van der Waals surface area contributed by atoms with Crippen LogP contribution in [0.15, 0.2) is 0 Å². The van der Waals surface area contributed by atoms with E-state index < -0.39 is 18.1 Å². The Morgan fingerprint density at radius 3 is 2.57 bits per heavy atom. The quantitative estimate of drug-likeness (QED) is 0.443. The van der Waals surface area contributed by atoms with Crippen molar-refractivity contribution in [2.24, 2.45) is 5.73 Å². The zero-order valence-electron chi connectivity index (χ0n) is 7.60. The maximum absolute atomic E-state index is 10.3. The summed E-state index contributed by atoms with van der Waals surface area (Å²) in [7, 11) is 0. The van der Waals surface area contributed by atoms with E-state index in [2.05, 4.69) is 5.32 Å². The van der Waals surface area contributed by atoms with Gasteiger partial charge in [0.05, 0.1) is 0 Å². The molecular formula is C7H14N2O4S. The van der Waals surface area contributed by atoms with Gasteiger partial charge in [-0.2, -0.15) is 11.8 Å². The Morgan fingerprint density at radius 2 is 2.07 bits per heavy atom. The molecule has 0 aromatic heterocycles. The fraction of sp³-hybridized carbons (Fsp3) is 0.714. The molecule has 0 radical (unpaired) electrons. The molecular weight excluding hydrogens is 208 g/mol. The lowest BCUT2D eigenvalue weighted by molar-refractivity contribution is -0.137. The number of nitrogens with one attached hydrogen (secondary N) is 1. The van der Waals surface area contributed by atoms with Crippen molar-refractivity contribution in [1.29, 1.82) is 0 Å². The van der Waals surface area contributed by atoms with E-state index in [1.807, 2.05) is 0 Å². The number of hydrogen-bond donors (Lipinski definition) is 4. The lowest BCUT2D eigenvalue weighted by Crippen LogP contribution is -2.32. The number of carbonyl (C=O) groups is 2. The highest BCUT2D eigenvalue weighted by Crippen LogP contribution is 2.03. The molecule has 0 aliphatic heterocycles. The summed E-state index contributed by atoms with van der Waals surface area (Å²) in [5.74, 6) is 0.0325. The molecule has 6 nitrogen and oxygen atoms in total. The van der Waals surface area contributed by atoms with E-state index in [9.17, 15) is 9.59 Å². The number of nitrogens with two attached hydrogens (primary N) is 1. The Kier molecular flexibility index (Phi) is 6.95. The van der Waals surface area contributed by atoms with Gasteiger partial charge in [0.15, 0.2) is 0 Å². The molecule has 0 saturated heterocycles. The van der Waals surface area contributed by atoms with Crippen molar-refractivity contribution < 1.29 is 19.8 Å². The van der Waals surface area contributed by atoms with Crippen LogP contribution in [-0.2, 0) is 4.79 Å². The van der Waals surface area contributed by atoms with E-state index in [0.717, 1.165) is 0 Å². The topological polar surface area (TPSA) is 113 Å². The van der Waals surface area contributed by atoms with Gasteiger partial charge in [0.2, 0.25) is 0 Å². The second-order valence-electron chi connectivity index (χ2n) is 2.61. The molecule has 82 valence electrons. The molecule has 14 heavy (non-hydrogen) atoms. The van der Waals surface area contributed by atoms with Crippen LogP contribution in [0, 0.1) is 0 Å². The number of carboxylic acid groups (broad SMARTS) is 2. The lowest BCUT2D eigenvalue weighted by atomic mass is 10.4. The van der Waals surface area contributed by atoms with Crippen molar-refractivity contribution in [3.8, 4) is 0 Å². The molecule has 0 heterocycles. The van der Waals surface area contributed by atoms with Gasteiger partial charge in [0, 0.05) is 12.3 Å². The largest absolute Gasteiger partial charge is 0.480 e. The molecule has 7 heteroatoms. The van der Waals surface area contributed by atoms with Crippen molar-refractivity contribution in [3.05, 3.63) is 0 Å². The van der Waals surface area contributed by atoms with Crippen molar-refractivity contribution in [1.82, 2.24) is 5.32 Å². The summed E-state index contributed by atoms with van der Waals surface area (Å²) in [6.07, 6.45) is -0.374. The fourth-order valence-electron chi connectivity index (χ4n) is 0.651. The van der Waals surface area contributed by atoms with Crippen LogP contribution in [0.3, 0.4) is 0 Å². The van der Waals surface area contributed by atoms with Crippen molar-refractivity contribution in [3.63, 3.8) is 0 Å². The van der Waals surface area contributed by atoms with Gasteiger partial charge in [-0.1, -0.05) is 0 Å². The average molecular weight is 222 g/mol. The zero-order valence-corrected chi connectivity index (χ0v) is 8.42. The summed E-state index contributed by atoms with van der Waals surface area (Å²) < 4.78 is 0. The third-order valence-corrected chi connectivity index (χ3v) is 2.53. The van der Waals surface area contributed by atoms with Crippen molar-refractivity contribution in [2.45, 2.75) is 12.5 Å². The van der Waals surface area contributed by atoms with E-state index in [1.54, 1.807) is 0 Å².